The molecular formula is C25H33N5O2. The van der Waals surface area contributed by atoms with E-state index in [1.807, 2.05) is 31.2 Å². The van der Waals surface area contributed by atoms with Gasteiger partial charge in [-0.1, -0.05) is 43.3 Å². The van der Waals surface area contributed by atoms with Crippen molar-refractivity contribution in [2.45, 2.75) is 40.0 Å². The van der Waals surface area contributed by atoms with Gasteiger partial charge in [-0.25, -0.2) is 4.79 Å². The van der Waals surface area contributed by atoms with E-state index >= 15 is 0 Å². The predicted molar refractivity (Wildman–Crippen MR) is 128 cm³/mol. The Hall–Kier alpha value is -2.90. The fraction of sp³-hybridized carbons (Fsp3) is 0.440. The van der Waals surface area contributed by atoms with Crippen molar-refractivity contribution in [1.29, 1.82) is 0 Å². The first-order valence-electron chi connectivity index (χ1n) is 11.6. The number of hydrogen-bond donors (Lipinski definition) is 1. The van der Waals surface area contributed by atoms with E-state index < -0.39 is 0 Å². The summed E-state index contributed by atoms with van der Waals surface area (Å²) in [7, 11) is 0. The van der Waals surface area contributed by atoms with Crippen molar-refractivity contribution in [3.05, 3.63) is 70.1 Å². The number of aryl methyl sites for hydroxylation is 1. The van der Waals surface area contributed by atoms with Gasteiger partial charge in [-0.2, -0.15) is 0 Å². The average molecular weight is 436 g/mol. The second-order valence-electron chi connectivity index (χ2n) is 8.41. The van der Waals surface area contributed by atoms with Crippen LogP contribution in [0.4, 0.5) is 0 Å². The monoisotopic (exact) mass is 435 g/mol. The van der Waals surface area contributed by atoms with Crippen LogP contribution in [0.3, 0.4) is 0 Å². The summed E-state index contributed by atoms with van der Waals surface area (Å²) in [5, 5.41) is 2.95. The average Bonchev–Trinajstić information content (AvgIpc) is 3.09. The number of fused-ring (bicyclic) bond motifs is 1. The number of para-hydroxylation sites is 2. The number of nitrogens with one attached hydrogen (secondary N) is 1. The Morgan fingerprint density at radius 2 is 1.41 bits per heavy atom. The van der Waals surface area contributed by atoms with Gasteiger partial charge in [-0.3, -0.25) is 18.8 Å². The summed E-state index contributed by atoms with van der Waals surface area (Å²) in [6.45, 7) is 11.8. The minimum atomic E-state index is -0.163. The van der Waals surface area contributed by atoms with Crippen molar-refractivity contribution in [2.75, 3.05) is 32.7 Å². The van der Waals surface area contributed by atoms with Crippen molar-refractivity contribution < 1.29 is 4.79 Å². The van der Waals surface area contributed by atoms with Crippen LogP contribution in [0.25, 0.3) is 11.0 Å². The summed E-state index contributed by atoms with van der Waals surface area (Å²) in [5.74, 6) is -0.163. The van der Waals surface area contributed by atoms with Crippen LogP contribution in [0, 0.1) is 0 Å². The highest BCUT2D eigenvalue weighted by molar-refractivity contribution is 5.80. The number of piperazine rings is 1. The van der Waals surface area contributed by atoms with E-state index in [1.165, 1.54) is 5.56 Å². The summed E-state index contributed by atoms with van der Waals surface area (Å²) < 4.78 is 3.25. The van der Waals surface area contributed by atoms with E-state index in [-0.39, 0.29) is 18.1 Å². The number of rotatable bonds is 8. The SMILES string of the molecule is CCN1CCN(Cc2ccc(CNC(=O)Cn3c(=O)n(CC)c4ccccc43)cc2)CC1. The van der Waals surface area contributed by atoms with Crippen LogP contribution >= 0.6 is 0 Å². The third-order valence-corrected chi connectivity index (χ3v) is 6.37. The molecule has 32 heavy (non-hydrogen) atoms. The summed E-state index contributed by atoms with van der Waals surface area (Å²) in [4.78, 5) is 30.3. The molecule has 4 rings (SSSR count). The molecular weight excluding hydrogens is 402 g/mol. The van der Waals surface area contributed by atoms with Gasteiger partial charge in [-0.05, 0) is 36.7 Å². The number of benzene rings is 2. The summed E-state index contributed by atoms with van der Waals surface area (Å²) in [5.41, 5.74) is 3.86. The lowest BCUT2D eigenvalue weighted by atomic mass is 10.1. The molecule has 3 aromatic rings. The van der Waals surface area contributed by atoms with Crippen molar-refractivity contribution in [1.82, 2.24) is 24.3 Å². The van der Waals surface area contributed by atoms with Crippen LogP contribution in [-0.4, -0.2) is 57.6 Å². The highest BCUT2D eigenvalue weighted by Crippen LogP contribution is 2.13. The van der Waals surface area contributed by atoms with Crippen LogP contribution in [-0.2, 0) is 31.0 Å². The number of likely N-dealkylation sites (N-methyl/N-ethyl adjacent to an activating group) is 1. The Morgan fingerprint density at radius 1 is 0.812 bits per heavy atom. The fourth-order valence-electron chi connectivity index (χ4n) is 4.42. The van der Waals surface area contributed by atoms with E-state index in [1.54, 1.807) is 9.13 Å². The molecule has 0 saturated carbocycles. The van der Waals surface area contributed by atoms with Crippen molar-refractivity contribution >= 4 is 16.9 Å². The molecule has 1 saturated heterocycles. The summed E-state index contributed by atoms with van der Waals surface area (Å²) in [6.07, 6.45) is 0. The third kappa shape index (κ3) is 4.95. The van der Waals surface area contributed by atoms with Crippen molar-refractivity contribution in [3.8, 4) is 0 Å². The minimum Gasteiger partial charge on any atom is -0.350 e. The maximum atomic E-state index is 12.7. The van der Waals surface area contributed by atoms with E-state index in [4.69, 9.17) is 0 Å². The molecule has 1 aliphatic heterocycles. The van der Waals surface area contributed by atoms with Crippen LogP contribution in [0.1, 0.15) is 25.0 Å². The number of carbonyl (C=O) groups is 1. The Kier molecular flexibility index (Phi) is 7.07. The predicted octanol–water partition coefficient (Wildman–Crippen LogP) is 2.28. The third-order valence-electron chi connectivity index (χ3n) is 6.37. The van der Waals surface area contributed by atoms with Gasteiger partial charge in [0.25, 0.3) is 0 Å². The Balaban J connectivity index is 1.32. The smallest absolute Gasteiger partial charge is 0.329 e. The fourth-order valence-corrected chi connectivity index (χ4v) is 4.42. The van der Waals surface area contributed by atoms with E-state index in [0.29, 0.717) is 13.1 Å². The van der Waals surface area contributed by atoms with Crippen LogP contribution < -0.4 is 11.0 Å². The maximum absolute atomic E-state index is 12.7. The van der Waals surface area contributed by atoms with Crippen molar-refractivity contribution in [2.24, 2.45) is 0 Å². The molecule has 2 heterocycles. The molecule has 1 fully saturated rings. The zero-order chi connectivity index (χ0) is 22.5. The zero-order valence-corrected chi connectivity index (χ0v) is 19.1. The van der Waals surface area contributed by atoms with Gasteiger partial charge in [-0.15, -0.1) is 0 Å². The number of imidazole rings is 1. The van der Waals surface area contributed by atoms with Gasteiger partial charge >= 0.3 is 5.69 Å². The maximum Gasteiger partial charge on any atom is 0.329 e. The lowest BCUT2D eigenvalue weighted by Crippen LogP contribution is -2.45. The molecule has 0 unspecified atom stereocenters. The van der Waals surface area contributed by atoms with Crippen molar-refractivity contribution in [3.63, 3.8) is 0 Å². The number of amides is 1. The lowest BCUT2D eigenvalue weighted by Gasteiger charge is -2.34. The van der Waals surface area contributed by atoms with Gasteiger partial charge < -0.3 is 10.2 Å². The van der Waals surface area contributed by atoms with Gasteiger partial charge in [0.05, 0.1) is 11.0 Å². The van der Waals surface area contributed by atoms with E-state index in [0.717, 1.165) is 55.9 Å². The Morgan fingerprint density at radius 3 is 2.03 bits per heavy atom. The number of nitrogens with zero attached hydrogens (tertiary/aromatic N) is 4. The Labute approximate surface area is 189 Å². The second kappa shape index (κ2) is 10.1. The van der Waals surface area contributed by atoms with Crippen LogP contribution in [0.5, 0.6) is 0 Å². The summed E-state index contributed by atoms with van der Waals surface area (Å²) >= 11 is 0. The van der Waals surface area contributed by atoms with Crippen LogP contribution in [0.2, 0.25) is 0 Å². The Bertz CT molecular complexity index is 1110. The lowest BCUT2D eigenvalue weighted by molar-refractivity contribution is -0.121. The molecule has 7 nitrogen and oxygen atoms in total. The standard InChI is InChI=1S/C25H33N5O2/c1-3-27-13-15-28(16-14-27)18-21-11-9-20(10-12-21)17-26-24(31)19-30-23-8-6-5-7-22(23)29(4-2)25(30)32/h5-12H,3-4,13-19H2,1-2H3,(H,26,31). The molecule has 2 aromatic carbocycles. The molecule has 0 aliphatic carbocycles. The molecule has 1 amide bonds. The second-order valence-corrected chi connectivity index (χ2v) is 8.41. The molecule has 0 bridgehead atoms. The molecule has 0 atom stereocenters. The van der Waals surface area contributed by atoms with Gasteiger partial charge in [0, 0.05) is 45.8 Å². The van der Waals surface area contributed by atoms with Gasteiger partial charge in [0.15, 0.2) is 0 Å². The first kappa shape index (κ1) is 22.3. The number of aromatic nitrogens is 2. The largest absolute Gasteiger partial charge is 0.350 e. The molecule has 1 aliphatic rings. The van der Waals surface area contributed by atoms with Gasteiger partial charge in [0.1, 0.15) is 6.54 Å². The molecule has 0 spiro atoms. The van der Waals surface area contributed by atoms with E-state index in [2.05, 4.69) is 46.3 Å². The first-order chi connectivity index (χ1) is 15.6. The molecule has 170 valence electrons. The molecule has 7 heteroatoms. The summed E-state index contributed by atoms with van der Waals surface area (Å²) in [6, 6.07) is 16.0. The highest BCUT2D eigenvalue weighted by Gasteiger charge is 2.16. The quantitative estimate of drug-likeness (QED) is 0.590. The zero-order valence-electron chi connectivity index (χ0n) is 19.1. The highest BCUT2D eigenvalue weighted by atomic mass is 16.2. The molecule has 1 aromatic heterocycles. The molecule has 0 radical (unpaired) electrons. The van der Waals surface area contributed by atoms with Crippen LogP contribution in [0.15, 0.2) is 53.3 Å². The van der Waals surface area contributed by atoms with E-state index in [9.17, 15) is 9.59 Å². The first-order valence-corrected chi connectivity index (χ1v) is 11.6. The number of carbonyl (C=O) groups excluding carboxylic acids is 1. The topological polar surface area (TPSA) is 62.5 Å². The normalized spacial score (nSPS) is 15.3. The minimum absolute atomic E-state index is 0.0220. The van der Waals surface area contributed by atoms with Gasteiger partial charge in [0.2, 0.25) is 5.91 Å². The molecule has 1 N–H and O–H groups in total. The number of hydrogen-bond acceptors (Lipinski definition) is 4.